The zero-order chi connectivity index (χ0) is 25.0. The van der Waals surface area contributed by atoms with Crippen LogP contribution < -0.4 is 4.74 Å². The fourth-order valence-corrected chi connectivity index (χ4v) is 4.95. The number of fused-ring (bicyclic) bond motifs is 3. The second-order valence-corrected chi connectivity index (χ2v) is 9.08. The van der Waals surface area contributed by atoms with Gasteiger partial charge in [0.25, 0.3) is 0 Å². The van der Waals surface area contributed by atoms with Crippen LogP contribution in [0.5, 0.6) is 11.5 Å². The molecule has 1 fully saturated rings. The molecule has 1 spiro atoms. The molecule has 0 amide bonds. The predicted molar refractivity (Wildman–Crippen MR) is 130 cm³/mol. The lowest BCUT2D eigenvalue weighted by Crippen LogP contribution is -2.44. The number of aldehydes is 1. The third-order valence-corrected chi connectivity index (χ3v) is 6.97. The summed E-state index contributed by atoms with van der Waals surface area (Å²) in [5, 5.41) is 0.191. The molecule has 2 aliphatic heterocycles. The minimum atomic E-state index is -0.873. The summed E-state index contributed by atoms with van der Waals surface area (Å²) in [4.78, 5) is 18.1. The number of aromatic nitrogens is 1. The van der Waals surface area contributed by atoms with Crippen molar-refractivity contribution >= 4 is 28.7 Å². The second-order valence-electron chi connectivity index (χ2n) is 9.08. The number of carbonyl (C=O) groups excluding carboxylic acids is 1. The molecular weight excluding hydrogens is 467 g/mol. The van der Waals surface area contributed by atoms with Gasteiger partial charge >= 0.3 is 5.84 Å². The first-order valence-electron chi connectivity index (χ1n) is 11.6. The van der Waals surface area contributed by atoms with Crippen LogP contribution in [0.1, 0.15) is 31.2 Å². The molecule has 1 aliphatic carbocycles. The number of aromatic amines is 1. The van der Waals surface area contributed by atoms with Gasteiger partial charge in [-0.15, -0.1) is 0 Å². The van der Waals surface area contributed by atoms with Gasteiger partial charge in [-0.1, -0.05) is 12.7 Å². The monoisotopic (exact) mass is 488 g/mol. The smallest absolute Gasteiger partial charge is 0.338 e. The van der Waals surface area contributed by atoms with Gasteiger partial charge < -0.3 is 14.5 Å². The predicted octanol–water partition coefficient (Wildman–Crippen LogP) is 6.32. The fraction of sp³-hybridized carbons (Fsp3) is 0.179. The van der Waals surface area contributed by atoms with Crippen molar-refractivity contribution < 1.29 is 27.3 Å². The highest BCUT2D eigenvalue weighted by atomic mass is 19.1. The molecule has 8 heteroatoms. The van der Waals surface area contributed by atoms with Crippen LogP contribution in [-0.4, -0.2) is 27.4 Å². The number of H-pyrrole nitrogens is 1. The molecule has 1 N–H and O–H groups in total. The molecule has 1 saturated carbocycles. The van der Waals surface area contributed by atoms with Crippen LogP contribution in [0.25, 0.3) is 10.9 Å². The van der Waals surface area contributed by atoms with Crippen LogP contribution in [0.4, 0.5) is 13.2 Å². The van der Waals surface area contributed by atoms with E-state index in [0.29, 0.717) is 24.2 Å². The maximum Gasteiger partial charge on any atom is 0.338 e. The van der Waals surface area contributed by atoms with E-state index in [2.05, 4.69) is 16.6 Å². The molecule has 0 bridgehead atoms. The average molecular weight is 488 g/mol. The average Bonchev–Trinajstić information content (AvgIpc) is 3.42. The Morgan fingerprint density at radius 1 is 1.19 bits per heavy atom. The molecule has 3 aromatic rings. The first kappa shape index (κ1) is 22.3. The summed E-state index contributed by atoms with van der Waals surface area (Å²) in [7, 11) is 0. The lowest BCUT2D eigenvalue weighted by molar-refractivity contribution is -0.388. The van der Waals surface area contributed by atoms with Crippen LogP contribution in [0.15, 0.2) is 77.7 Å². The van der Waals surface area contributed by atoms with E-state index in [4.69, 9.17) is 4.74 Å². The largest absolute Gasteiger partial charge is 0.451 e. The number of nitrogens with zero attached hydrogens (tertiary/aromatic N) is 2. The standard InChI is InChI=1S/C28H21F3N3O2/c1-2-16(4-3-11-35)12-23-28(8-9-28)24-15-33-27(34(23)24)19-13-17(5-6-20(19)29)36-26-21(30)14-22-18(25(26)31)7-10-32-22/h2,5-7,10-15,32H,1,3-4,8-9H2/q+1/b16-12+. The van der Waals surface area contributed by atoms with Gasteiger partial charge in [0.2, 0.25) is 0 Å². The second kappa shape index (κ2) is 8.19. The summed E-state index contributed by atoms with van der Waals surface area (Å²) in [5.41, 5.74) is 3.23. The molecule has 6 rings (SSSR count). The minimum absolute atomic E-state index is 0.0757. The quantitative estimate of drug-likeness (QED) is 0.229. The molecule has 180 valence electrons. The van der Waals surface area contributed by atoms with Crippen LogP contribution in [-0.2, 0) is 4.79 Å². The van der Waals surface area contributed by atoms with Gasteiger partial charge in [-0.2, -0.15) is 4.58 Å². The minimum Gasteiger partial charge on any atom is -0.451 e. The number of nitrogens with one attached hydrogen (secondary N) is 1. The van der Waals surface area contributed by atoms with Crippen molar-refractivity contribution in [2.45, 2.75) is 25.7 Å². The van der Waals surface area contributed by atoms with Crippen molar-refractivity contribution in [1.82, 2.24) is 4.98 Å². The Bertz CT molecular complexity index is 1590. The van der Waals surface area contributed by atoms with Gasteiger partial charge in [0.05, 0.1) is 10.9 Å². The first-order chi connectivity index (χ1) is 17.5. The number of amidine groups is 1. The van der Waals surface area contributed by atoms with Crippen LogP contribution in [0.3, 0.4) is 0 Å². The molecular formula is C28H21F3N3O2+. The molecule has 2 aromatic carbocycles. The Morgan fingerprint density at radius 2 is 2.03 bits per heavy atom. The fourth-order valence-electron chi connectivity index (χ4n) is 4.95. The lowest BCUT2D eigenvalue weighted by atomic mass is 9.85. The maximum atomic E-state index is 15.0. The maximum absolute atomic E-state index is 15.0. The Kier molecular flexibility index (Phi) is 5.07. The Morgan fingerprint density at radius 3 is 2.78 bits per heavy atom. The molecule has 0 saturated heterocycles. The normalized spacial score (nSPS) is 17.6. The van der Waals surface area contributed by atoms with E-state index in [1.165, 1.54) is 30.5 Å². The Labute approximate surface area is 204 Å². The number of hydrogen-bond acceptors (Lipinski definition) is 3. The van der Waals surface area contributed by atoms with E-state index < -0.39 is 23.2 Å². The lowest BCUT2D eigenvalue weighted by Gasteiger charge is -2.28. The van der Waals surface area contributed by atoms with Crippen LogP contribution in [0, 0.1) is 22.9 Å². The number of rotatable bonds is 8. The van der Waals surface area contributed by atoms with E-state index >= 15 is 4.39 Å². The Hall–Kier alpha value is -4.20. The highest BCUT2D eigenvalue weighted by molar-refractivity contribution is 6.11. The van der Waals surface area contributed by atoms with Gasteiger partial charge in [0.1, 0.15) is 29.1 Å². The number of aliphatic imine (C=N–C) groups is 1. The first-order valence-corrected chi connectivity index (χ1v) is 11.6. The summed E-state index contributed by atoms with van der Waals surface area (Å²) in [6, 6.07) is 6.55. The Balaban J connectivity index is 1.38. The highest BCUT2D eigenvalue weighted by Gasteiger charge is 2.66. The topological polar surface area (TPSA) is 57.5 Å². The summed E-state index contributed by atoms with van der Waals surface area (Å²) >= 11 is 0. The number of carbonyl (C=O) groups is 1. The summed E-state index contributed by atoms with van der Waals surface area (Å²) in [6.45, 7) is 3.85. The number of ether oxygens (including phenoxy) is 1. The van der Waals surface area contributed by atoms with E-state index in [-0.39, 0.29) is 22.1 Å². The van der Waals surface area contributed by atoms with Gasteiger partial charge in [-0.25, -0.2) is 13.2 Å². The third kappa shape index (κ3) is 3.28. The zero-order valence-corrected chi connectivity index (χ0v) is 19.2. The molecule has 1 aromatic heterocycles. The molecule has 0 atom stereocenters. The summed E-state index contributed by atoms with van der Waals surface area (Å²) < 4.78 is 52.0. The zero-order valence-electron chi connectivity index (χ0n) is 19.2. The van der Waals surface area contributed by atoms with Crippen molar-refractivity contribution in [2.75, 3.05) is 0 Å². The van der Waals surface area contributed by atoms with Crippen molar-refractivity contribution in [2.24, 2.45) is 10.4 Å². The number of halogens is 3. The van der Waals surface area contributed by atoms with Crippen molar-refractivity contribution in [1.29, 1.82) is 0 Å². The van der Waals surface area contributed by atoms with Gasteiger partial charge in [-0.3, -0.25) is 0 Å². The number of benzene rings is 2. The van der Waals surface area contributed by atoms with Crippen LogP contribution >= 0.6 is 0 Å². The van der Waals surface area contributed by atoms with Gasteiger partial charge in [-0.05, 0) is 60.2 Å². The molecule has 5 nitrogen and oxygen atoms in total. The van der Waals surface area contributed by atoms with Gasteiger partial charge in [0, 0.05) is 24.1 Å². The van der Waals surface area contributed by atoms with E-state index in [0.717, 1.165) is 42.2 Å². The number of allylic oxidation sites excluding steroid dienone is 4. The van der Waals surface area contributed by atoms with Crippen molar-refractivity contribution in [3.8, 4) is 11.5 Å². The third-order valence-electron chi connectivity index (χ3n) is 6.97. The molecule has 3 heterocycles. The van der Waals surface area contributed by atoms with E-state index in [9.17, 15) is 13.6 Å². The molecule has 3 aliphatic rings. The molecule has 0 unspecified atom stereocenters. The highest BCUT2D eigenvalue weighted by Crippen LogP contribution is 2.60. The van der Waals surface area contributed by atoms with Crippen LogP contribution in [0.2, 0.25) is 0 Å². The molecule has 0 radical (unpaired) electrons. The van der Waals surface area contributed by atoms with Crippen molar-refractivity contribution in [3.63, 3.8) is 0 Å². The summed E-state index contributed by atoms with van der Waals surface area (Å²) in [6.07, 6.45) is 10.7. The van der Waals surface area contributed by atoms with E-state index in [1.807, 2.05) is 10.7 Å². The number of hydrogen-bond donors (Lipinski definition) is 1. The SMILES string of the molecule is C=C/C(=C\C1=[N+]2C(=CN=C2c2cc(Oc3c(F)cc4[nH]ccc4c3F)ccc2F)C12CC2)CCC=O. The summed E-state index contributed by atoms with van der Waals surface area (Å²) in [5.74, 6) is -2.37. The molecule has 36 heavy (non-hydrogen) atoms. The van der Waals surface area contributed by atoms with E-state index in [1.54, 1.807) is 12.3 Å². The van der Waals surface area contributed by atoms with Gasteiger partial charge in [0.15, 0.2) is 29.3 Å². The van der Waals surface area contributed by atoms with Crippen molar-refractivity contribution in [3.05, 3.63) is 95.7 Å².